The first kappa shape index (κ1) is 22.4. The van der Waals surface area contributed by atoms with Gasteiger partial charge < -0.3 is 19.9 Å². The lowest BCUT2D eigenvalue weighted by Crippen LogP contribution is -2.34. The van der Waals surface area contributed by atoms with Gasteiger partial charge in [0.15, 0.2) is 0 Å². The van der Waals surface area contributed by atoms with Gasteiger partial charge >= 0.3 is 5.97 Å². The lowest BCUT2D eigenvalue weighted by atomic mass is 10.0. The SMILES string of the molecule is CCOC(=O)C(N)Cc1ccc(OC)c(COc2ccccc2Cc2ccccc2)c1. The first-order valence-electron chi connectivity index (χ1n) is 10.4. The van der Waals surface area contributed by atoms with Crippen molar-refractivity contribution in [2.75, 3.05) is 13.7 Å². The van der Waals surface area contributed by atoms with Crippen LogP contribution in [0.3, 0.4) is 0 Å². The Morgan fingerprint density at radius 3 is 2.39 bits per heavy atom. The highest BCUT2D eigenvalue weighted by Gasteiger charge is 2.16. The van der Waals surface area contributed by atoms with Crippen LogP contribution in [0, 0.1) is 0 Å². The summed E-state index contributed by atoms with van der Waals surface area (Å²) in [6.07, 6.45) is 1.18. The highest BCUT2D eigenvalue weighted by atomic mass is 16.5. The molecule has 1 unspecified atom stereocenters. The Morgan fingerprint density at radius 2 is 1.65 bits per heavy atom. The van der Waals surface area contributed by atoms with Crippen LogP contribution in [0.2, 0.25) is 0 Å². The molecule has 0 aliphatic heterocycles. The van der Waals surface area contributed by atoms with Crippen molar-refractivity contribution in [2.24, 2.45) is 5.73 Å². The van der Waals surface area contributed by atoms with Gasteiger partial charge in [0, 0.05) is 12.0 Å². The van der Waals surface area contributed by atoms with E-state index in [2.05, 4.69) is 18.2 Å². The Hall–Kier alpha value is -3.31. The van der Waals surface area contributed by atoms with E-state index in [-0.39, 0.29) is 0 Å². The minimum atomic E-state index is -0.700. The van der Waals surface area contributed by atoms with Crippen LogP contribution in [0.1, 0.15) is 29.2 Å². The van der Waals surface area contributed by atoms with Gasteiger partial charge in [0.1, 0.15) is 24.1 Å². The third-order valence-corrected chi connectivity index (χ3v) is 4.98. The molecule has 162 valence electrons. The molecule has 0 aromatic heterocycles. The number of rotatable bonds is 10. The average Bonchev–Trinajstić information content (AvgIpc) is 2.79. The van der Waals surface area contributed by atoms with Crippen molar-refractivity contribution in [3.8, 4) is 11.5 Å². The Bertz CT molecular complexity index is 988. The van der Waals surface area contributed by atoms with Crippen molar-refractivity contribution in [3.05, 3.63) is 95.1 Å². The molecule has 3 aromatic rings. The number of carbonyl (C=O) groups excluding carboxylic acids is 1. The lowest BCUT2D eigenvalue weighted by Gasteiger charge is -2.16. The van der Waals surface area contributed by atoms with Crippen LogP contribution in [-0.2, 0) is 29.0 Å². The molecule has 0 saturated heterocycles. The van der Waals surface area contributed by atoms with Crippen molar-refractivity contribution in [2.45, 2.75) is 32.4 Å². The molecule has 0 aliphatic carbocycles. The van der Waals surface area contributed by atoms with Crippen molar-refractivity contribution in [1.29, 1.82) is 0 Å². The van der Waals surface area contributed by atoms with E-state index in [1.54, 1.807) is 14.0 Å². The molecule has 0 aliphatic rings. The molecule has 0 radical (unpaired) electrons. The van der Waals surface area contributed by atoms with Gasteiger partial charge in [-0.2, -0.15) is 0 Å². The standard InChI is InChI=1S/C26H29NO4/c1-3-30-26(28)23(27)17-20-13-14-24(29-2)22(16-20)18-31-25-12-8-7-11-21(25)15-19-9-5-4-6-10-19/h4-14,16,23H,3,15,17-18,27H2,1-2H3. The third-order valence-electron chi connectivity index (χ3n) is 4.98. The van der Waals surface area contributed by atoms with E-state index in [1.807, 2.05) is 54.6 Å². The molecule has 0 heterocycles. The van der Waals surface area contributed by atoms with E-state index < -0.39 is 12.0 Å². The number of ether oxygens (including phenoxy) is 3. The molecule has 3 rings (SSSR count). The Balaban J connectivity index is 1.73. The molecule has 31 heavy (non-hydrogen) atoms. The zero-order chi connectivity index (χ0) is 22.1. The van der Waals surface area contributed by atoms with Gasteiger partial charge in [0.2, 0.25) is 0 Å². The average molecular weight is 420 g/mol. The summed E-state index contributed by atoms with van der Waals surface area (Å²) in [5, 5.41) is 0. The Morgan fingerprint density at radius 1 is 0.903 bits per heavy atom. The number of carbonyl (C=O) groups is 1. The molecule has 2 N–H and O–H groups in total. The summed E-state index contributed by atoms with van der Waals surface area (Å²) < 4.78 is 16.7. The molecule has 0 amide bonds. The van der Waals surface area contributed by atoms with Gasteiger partial charge in [0.05, 0.1) is 13.7 Å². The maximum atomic E-state index is 11.9. The molecule has 3 aromatic carbocycles. The molecule has 0 spiro atoms. The summed E-state index contributed by atoms with van der Waals surface area (Å²) in [4.78, 5) is 11.9. The quantitative estimate of drug-likeness (QED) is 0.496. The number of hydrogen-bond acceptors (Lipinski definition) is 5. The maximum absolute atomic E-state index is 11.9. The smallest absolute Gasteiger partial charge is 0.323 e. The van der Waals surface area contributed by atoms with Crippen LogP contribution < -0.4 is 15.2 Å². The largest absolute Gasteiger partial charge is 0.496 e. The van der Waals surface area contributed by atoms with Crippen LogP contribution in [0.4, 0.5) is 0 Å². The molecule has 0 fully saturated rings. The van der Waals surface area contributed by atoms with Gasteiger partial charge in [-0.15, -0.1) is 0 Å². The predicted octanol–water partition coefficient (Wildman–Crippen LogP) is 4.30. The molecular formula is C26H29NO4. The van der Waals surface area contributed by atoms with Crippen molar-refractivity contribution >= 4 is 5.97 Å². The van der Waals surface area contributed by atoms with Crippen molar-refractivity contribution in [3.63, 3.8) is 0 Å². The normalized spacial score (nSPS) is 11.6. The number of para-hydroxylation sites is 1. The fraction of sp³-hybridized carbons (Fsp3) is 0.269. The Labute approximate surface area is 183 Å². The summed E-state index contributed by atoms with van der Waals surface area (Å²) in [6, 6.07) is 23.4. The fourth-order valence-electron chi connectivity index (χ4n) is 3.42. The zero-order valence-corrected chi connectivity index (χ0v) is 18.0. The number of methoxy groups -OCH3 is 1. The van der Waals surface area contributed by atoms with Gasteiger partial charge in [-0.05, 0) is 48.2 Å². The number of nitrogens with two attached hydrogens (primary N) is 1. The molecule has 1 atom stereocenters. The summed E-state index contributed by atoms with van der Waals surface area (Å²) in [5.74, 6) is 1.17. The zero-order valence-electron chi connectivity index (χ0n) is 18.0. The first-order chi connectivity index (χ1) is 15.1. The van der Waals surface area contributed by atoms with Crippen LogP contribution >= 0.6 is 0 Å². The number of hydrogen-bond donors (Lipinski definition) is 1. The molecule has 5 heteroatoms. The van der Waals surface area contributed by atoms with Gasteiger partial charge in [-0.25, -0.2) is 0 Å². The van der Waals surface area contributed by atoms with E-state index >= 15 is 0 Å². The topological polar surface area (TPSA) is 70.8 Å². The molecular weight excluding hydrogens is 390 g/mol. The maximum Gasteiger partial charge on any atom is 0.323 e. The lowest BCUT2D eigenvalue weighted by molar-refractivity contribution is -0.144. The van der Waals surface area contributed by atoms with Crippen LogP contribution in [0.15, 0.2) is 72.8 Å². The highest BCUT2D eigenvalue weighted by Crippen LogP contribution is 2.26. The van der Waals surface area contributed by atoms with Gasteiger partial charge in [-0.3, -0.25) is 4.79 Å². The van der Waals surface area contributed by atoms with Crippen LogP contribution in [-0.4, -0.2) is 25.7 Å². The number of esters is 1. The summed E-state index contributed by atoms with van der Waals surface area (Å²) in [7, 11) is 1.63. The highest BCUT2D eigenvalue weighted by molar-refractivity contribution is 5.75. The van der Waals surface area contributed by atoms with Crippen LogP contribution in [0.25, 0.3) is 0 Å². The second-order valence-electron chi connectivity index (χ2n) is 7.27. The van der Waals surface area contributed by atoms with Crippen molar-refractivity contribution in [1.82, 2.24) is 0 Å². The minimum Gasteiger partial charge on any atom is -0.496 e. The van der Waals surface area contributed by atoms with E-state index in [1.165, 1.54) is 5.56 Å². The summed E-state index contributed by atoms with van der Waals surface area (Å²) in [5.41, 5.74) is 10.1. The number of benzene rings is 3. The van der Waals surface area contributed by atoms with Crippen LogP contribution in [0.5, 0.6) is 11.5 Å². The second-order valence-corrected chi connectivity index (χ2v) is 7.27. The van der Waals surface area contributed by atoms with Gasteiger partial charge in [0.25, 0.3) is 0 Å². The van der Waals surface area contributed by atoms with Crippen molar-refractivity contribution < 1.29 is 19.0 Å². The predicted molar refractivity (Wildman–Crippen MR) is 121 cm³/mol. The fourth-order valence-corrected chi connectivity index (χ4v) is 3.42. The second kappa shape index (κ2) is 11.2. The summed E-state index contributed by atoms with van der Waals surface area (Å²) >= 11 is 0. The third kappa shape index (κ3) is 6.33. The first-order valence-corrected chi connectivity index (χ1v) is 10.4. The van der Waals surface area contributed by atoms with Gasteiger partial charge in [-0.1, -0.05) is 54.6 Å². The van der Waals surface area contributed by atoms with E-state index in [0.29, 0.717) is 19.6 Å². The molecule has 0 saturated carbocycles. The minimum absolute atomic E-state index is 0.316. The summed E-state index contributed by atoms with van der Waals surface area (Å²) in [6.45, 7) is 2.43. The Kier molecular flexibility index (Phi) is 8.07. The van der Waals surface area contributed by atoms with E-state index in [0.717, 1.165) is 34.6 Å². The van der Waals surface area contributed by atoms with E-state index in [4.69, 9.17) is 19.9 Å². The molecule has 5 nitrogen and oxygen atoms in total. The molecule has 0 bridgehead atoms. The monoisotopic (exact) mass is 419 g/mol. The van der Waals surface area contributed by atoms with E-state index in [9.17, 15) is 4.79 Å².